The van der Waals surface area contributed by atoms with Crippen LogP contribution in [0.5, 0.6) is 0 Å². The van der Waals surface area contributed by atoms with Crippen LogP contribution in [0.2, 0.25) is 0 Å². The van der Waals surface area contributed by atoms with E-state index in [1.807, 2.05) is 29.6 Å². The Balaban J connectivity index is 1.84. The molecule has 7 heteroatoms. The molecule has 26 heavy (non-hydrogen) atoms. The van der Waals surface area contributed by atoms with E-state index in [0.717, 1.165) is 34.6 Å². The highest BCUT2D eigenvalue weighted by Crippen LogP contribution is 2.31. The van der Waals surface area contributed by atoms with Crippen molar-refractivity contribution >= 4 is 33.9 Å². The number of hydrogen-bond acceptors (Lipinski definition) is 6. The molecule has 0 aliphatic heterocycles. The Morgan fingerprint density at radius 3 is 2.81 bits per heavy atom. The van der Waals surface area contributed by atoms with Crippen LogP contribution < -0.4 is 10.2 Å². The molecule has 0 aliphatic rings. The molecule has 0 aliphatic carbocycles. The maximum Gasteiger partial charge on any atom is 0.257 e. The van der Waals surface area contributed by atoms with Crippen LogP contribution in [0.25, 0.3) is 16.7 Å². The largest absolute Gasteiger partial charge is 0.383 e. The first-order valence-electron chi connectivity index (χ1n) is 8.43. The molecule has 0 bridgehead atoms. The van der Waals surface area contributed by atoms with E-state index in [1.165, 1.54) is 0 Å². The van der Waals surface area contributed by atoms with E-state index in [4.69, 9.17) is 9.72 Å². The van der Waals surface area contributed by atoms with Crippen molar-refractivity contribution in [1.82, 2.24) is 19.6 Å². The van der Waals surface area contributed by atoms with Gasteiger partial charge < -0.3 is 15.0 Å². The van der Waals surface area contributed by atoms with Gasteiger partial charge >= 0.3 is 0 Å². The van der Waals surface area contributed by atoms with Crippen LogP contribution >= 0.6 is 0 Å². The Bertz CT molecular complexity index is 1030. The SMILES string of the molecule is COCCNc1ccc2c(N(C)c3ccccc3)nc3nncn3c2c1. The summed E-state index contributed by atoms with van der Waals surface area (Å²) in [5.74, 6) is 1.42. The Hall–Kier alpha value is -3.19. The summed E-state index contributed by atoms with van der Waals surface area (Å²) >= 11 is 0. The Morgan fingerprint density at radius 1 is 1.15 bits per heavy atom. The van der Waals surface area contributed by atoms with Crippen molar-refractivity contribution in [2.24, 2.45) is 0 Å². The van der Waals surface area contributed by atoms with Crippen LogP contribution in [0.3, 0.4) is 0 Å². The van der Waals surface area contributed by atoms with Crippen molar-refractivity contribution in [1.29, 1.82) is 0 Å². The molecular weight excluding hydrogens is 328 g/mol. The van der Waals surface area contributed by atoms with Gasteiger partial charge in [0.2, 0.25) is 0 Å². The van der Waals surface area contributed by atoms with Crippen molar-refractivity contribution in [2.75, 3.05) is 37.5 Å². The number of benzene rings is 2. The maximum absolute atomic E-state index is 5.10. The number of rotatable bonds is 6. The minimum absolute atomic E-state index is 0.573. The van der Waals surface area contributed by atoms with Gasteiger partial charge in [-0.25, -0.2) is 0 Å². The number of ether oxygens (including phenoxy) is 1. The van der Waals surface area contributed by atoms with Crippen LogP contribution in [0, 0.1) is 0 Å². The fraction of sp³-hybridized carbons (Fsp3) is 0.211. The second-order valence-electron chi connectivity index (χ2n) is 5.98. The predicted molar refractivity (Wildman–Crippen MR) is 103 cm³/mol. The number of para-hydroxylation sites is 1. The number of fused-ring (bicyclic) bond motifs is 3. The van der Waals surface area contributed by atoms with Gasteiger partial charge in [0.25, 0.3) is 5.78 Å². The third kappa shape index (κ3) is 2.93. The Labute approximate surface area is 151 Å². The molecule has 7 nitrogen and oxygen atoms in total. The van der Waals surface area contributed by atoms with Gasteiger partial charge in [0.05, 0.1) is 12.1 Å². The zero-order valence-electron chi connectivity index (χ0n) is 14.8. The molecule has 0 unspecified atom stereocenters. The summed E-state index contributed by atoms with van der Waals surface area (Å²) in [4.78, 5) is 6.78. The molecule has 0 amide bonds. The fourth-order valence-electron chi connectivity index (χ4n) is 2.99. The highest BCUT2D eigenvalue weighted by Gasteiger charge is 2.14. The lowest BCUT2D eigenvalue weighted by molar-refractivity contribution is 0.211. The standard InChI is InChI=1S/C19H20N6O/c1-24(15-6-4-3-5-7-15)18-16-9-8-14(20-10-11-26-2)12-17(16)25-13-21-23-19(25)22-18/h3-9,12-13,20H,10-11H2,1-2H3. The van der Waals surface area contributed by atoms with Crippen LogP contribution in [-0.4, -0.2) is 46.9 Å². The van der Waals surface area contributed by atoms with E-state index in [-0.39, 0.29) is 0 Å². The van der Waals surface area contributed by atoms with E-state index in [1.54, 1.807) is 13.4 Å². The van der Waals surface area contributed by atoms with E-state index in [9.17, 15) is 0 Å². The van der Waals surface area contributed by atoms with E-state index < -0.39 is 0 Å². The zero-order chi connectivity index (χ0) is 17.9. The molecule has 2 aromatic heterocycles. The van der Waals surface area contributed by atoms with Crippen LogP contribution in [0.15, 0.2) is 54.9 Å². The highest BCUT2D eigenvalue weighted by atomic mass is 16.5. The van der Waals surface area contributed by atoms with Gasteiger partial charge in [-0.1, -0.05) is 18.2 Å². The number of hydrogen-bond donors (Lipinski definition) is 1. The molecule has 0 atom stereocenters. The molecule has 0 radical (unpaired) electrons. The molecule has 1 N–H and O–H groups in total. The summed E-state index contributed by atoms with van der Waals surface area (Å²) in [7, 11) is 3.70. The normalized spacial score (nSPS) is 11.2. The van der Waals surface area contributed by atoms with Gasteiger partial charge in [0, 0.05) is 37.5 Å². The first kappa shape index (κ1) is 16.3. The number of anilines is 3. The third-order valence-electron chi connectivity index (χ3n) is 4.33. The second-order valence-corrected chi connectivity index (χ2v) is 5.98. The van der Waals surface area contributed by atoms with Gasteiger partial charge in [-0.15, -0.1) is 10.2 Å². The molecule has 132 valence electrons. The molecule has 4 rings (SSSR count). The lowest BCUT2D eigenvalue weighted by Crippen LogP contribution is -2.13. The molecule has 0 saturated heterocycles. The van der Waals surface area contributed by atoms with Gasteiger partial charge in [-0.2, -0.15) is 4.98 Å². The summed E-state index contributed by atoms with van der Waals surface area (Å²) < 4.78 is 7.01. The quantitative estimate of drug-likeness (QED) is 0.540. The van der Waals surface area contributed by atoms with Crippen LogP contribution in [0.4, 0.5) is 17.2 Å². The monoisotopic (exact) mass is 348 g/mol. The molecule has 4 aromatic rings. The lowest BCUT2D eigenvalue weighted by Gasteiger charge is -2.20. The molecule has 0 fully saturated rings. The number of methoxy groups -OCH3 is 1. The minimum Gasteiger partial charge on any atom is -0.383 e. The van der Waals surface area contributed by atoms with Gasteiger partial charge in [0.15, 0.2) is 0 Å². The topological polar surface area (TPSA) is 67.6 Å². The maximum atomic E-state index is 5.10. The first-order chi connectivity index (χ1) is 12.8. The summed E-state index contributed by atoms with van der Waals surface area (Å²) in [6.07, 6.45) is 1.69. The summed E-state index contributed by atoms with van der Waals surface area (Å²) in [6.45, 7) is 1.40. The zero-order valence-corrected chi connectivity index (χ0v) is 14.8. The predicted octanol–water partition coefficient (Wildman–Crippen LogP) is 3.10. The molecule has 2 aromatic carbocycles. The van der Waals surface area contributed by atoms with E-state index in [2.05, 4.69) is 50.7 Å². The summed E-state index contributed by atoms with van der Waals surface area (Å²) in [5, 5.41) is 12.6. The van der Waals surface area contributed by atoms with Gasteiger partial charge in [-0.3, -0.25) is 4.40 Å². The Morgan fingerprint density at radius 2 is 2.00 bits per heavy atom. The molecule has 2 heterocycles. The number of aromatic nitrogens is 4. The average Bonchev–Trinajstić information content (AvgIpc) is 3.16. The van der Waals surface area contributed by atoms with Crippen molar-refractivity contribution < 1.29 is 4.74 Å². The van der Waals surface area contributed by atoms with Crippen molar-refractivity contribution in [3.05, 3.63) is 54.9 Å². The van der Waals surface area contributed by atoms with Crippen LogP contribution in [-0.2, 0) is 4.74 Å². The number of nitrogens with one attached hydrogen (secondary N) is 1. The Kier molecular flexibility index (Phi) is 4.37. The molecule has 0 saturated carbocycles. The second kappa shape index (κ2) is 6.97. The van der Waals surface area contributed by atoms with Crippen molar-refractivity contribution in [3.63, 3.8) is 0 Å². The van der Waals surface area contributed by atoms with E-state index >= 15 is 0 Å². The number of nitrogens with zero attached hydrogens (tertiary/aromatic N) is 5. The van der Waals surface area contributed by atoms with Gasteiger partial charge in [0.1, 0.15) is 12.1 Å². The fourth-order valence-corrected chi connectivity index (χ4v) is 2.99. The van der Waals surface area contributed by atoms with Gasteiger partial charge in [-0.05, 0) is 30.3 Å². The third-order valence-corrected chi connectivity index (χ3v) is 4.33. The highest BCUT2D eigenvalue weighted by molar-refractivity contribution is 5.95. The summed E-state index contributed by atoms with van der Waals surface area (Å²) in [5.41, 5.74) is 3.08. The van der Waals surface area contributed by atoms with Crippen LogP contribution in [0.1, 0.15) is 0 Å². The first-order valence-corrected chi connectivity index (χ1v) is 8.43. The lowest BCUT2D eigenvalue weighted by atomic mass is 10.2. The summed E-state index contributed by atoms with van der Waals surface area (Å²) in [6, 6.07) is 16.4. The molecular formula is C19H20N6O. The van der Waals surface area contributed by atoms with Crippen molar-refractivity contribution in [2.45, 2.75) is 0 Å². The molecule has 0 spiro atoms. The average molecular weight is 348 g/mol. The minimum atomic E-state index is 0.573. The smallest absolute Gasteiger partial charge is 0.257 e. The van der Waals surface area contributed by atoms with Crippen molar-refractivity contribution in [3.8, 4) is 0 Å². The van der Waals surface area contributed by atoms with E-state index in [0.29, 0.717) is 12.4 Å².